The van der Waals surface area contributed by atoms with Crippen LogP contribution in [0, 0.1) is 0 Å². The van der Waals surface area contributed by atoms with Crippen molar-refractivity contribution in [3.8, 4) is 0 Å². The predicted molar refractivity (Wildman–Crippen MR) is 72.6 cm³/mol. The van der Waals surface area contributed by atoms with Gasteiger partial charge in [-0.25, -0.2) is 4.98 Å². The van der Waals surface area contributed by atoms with Crippen molar-refractivity contribution >= 4 is 17.4 Å². The molecule has 0 amide bonds. The molecule has 0 bridgehead atoms. The molecule has 1 saturated heterocycles. The van der Waals surface area contributed by atoms with Gasteiger partial charge in [0, 0.05) is 25.2 Å². The molecule has 0 atom stereocenters. The summed E-state index contributed by atoms with van der Waals surface area (Å²) in [5, 5.41) is -3.44. The van der Waals surface area contributed by atoms with E-state index in [0.717, 1.165) is 31.5 Å². The van der Waals surface area contributed by atoms with Crippen molar-refractivity contribution in [2.75, 3.05) is 18.0 Å². The lowest BCUT2D eigenvalue weighted by molar-refractivity contribution is 0.0900. The Kier molecular flexibility index (Phi) is 4.58. The van der Waals surface area contributed by atoms with Crippen molar-refractivity contribution in [2.45, 2.75) is 37.6 Å². The first kappa shape index (κ1) is 14.5. The maximum absolute atomic E-state index is 13.2. The molecular formula is C13H18ClF2N3. The molecule has 0 unspecified atom stereocenters. The Labute approximate surface area is 116 Å². The molecule has 3 nitrogen and oxygen atoms in total. The number of aromatic nitrogens is 1. The summed E-state index contributed by atoms with van der Waals surface area (Å²) in [5.74, 6) is 0.558. The molecule has 1 aliphatic rings. The van der Waals surface area contributed by atoms with Gasteiger partial charge in [0.05, 0.1) is 0 Å². The van der Waals surface area contributed by atoms with E-state index in [0.29, 0.717) is 5.82 Å². The second-order valence-corrected chi connectivity index (χ2v) is 5.26. The van der Waals surface area contributed by atoms with Crippen molar-refractivity contribution in [3.05, 3.63) is 23.4 Å². The average Bonchev–Trinajstić information content (AvgIpc) is 2.65. The fraction of sp³-hybridized carbons (Fsp3) is 0.615. The van der Waals surface area contributed by atoms with Crippen molar-refractivity contribution in [3.63, 3.8) is 0 Å². The first-order chi connectivity index (χ1) is 9.02. The number of pyridine rings is 1. The molecule has 0 saturated carbocycles. The molecule has 1 aromatic rings. The molecule has 1 aromatic heterocycles. The van der Waals surface area contributed by atoms with Crippen LogP contribution >= 0.6 is 11.6 Å². The standard InChI is InChI=1S/C13H18ClF2N3/c14-13(15,16)11-6-5-10(9-17)12(18-11)19-7-3-1-2-4-8-19/h5-6H,1-4,7-9,17H2. The summed E-state index contributed by atoms with van der Waals surface area (Å²) in [6.07, 6.45) is 4.43. The van der Waals surface area contributed by atoms with Crippen LogP contribution in [0.15, 0.2) is 12.1 Å². The normalized spacial score (nSPS) is 17.4. The molecule has 6 heteroatoms. The van der Waals surface area contributed by atoms with E-state index in [-0.39, 0.29) is 6.54 Å². The van der Waals surface area contributed by atoms with Gasteiger partial charge in [0.25, 0.3) is 0 Å². The first-order valence-corrected chi connectivity index (χ1v) is 6.92. The minimum absolute atomic E-state index is 0.285. The van der Waals surface area contributed by atoms with Gasteiger partial charge >= 0.3 is 5.38 Å². The molecule has 0 aromatic carbocycles. The van der Waals surface area contributed by atoms with Gasteiger partial charge in [-0.15, -0.1) is 0 Å². The second-order valence-electron chi connectivity index (χ2n) is 4.78. The van der Waals surface area contributed by atoms with Crippen molar-refractivity contribution in [2.24, 2.45) is 5.73 Å². The van der Waals surface area contributed by atoms with Gasteiger partial charge in [0.2, 0.25) is 0 Å². The SMILES string of the molecule is NCc1ccc(C(F)(F)Cl)nc1N1CCCCCC1. The third kappa shape index (κ3) is 3.54. The number of rotatable bonds is 3. The highest BCUT2D eigenvalue weighted by Crippen LogP contribution is 2.33. The Morgan fingerprint density at radius 2 is 1.84 bits per heavy atom. The van der Waals surface area contributed by atoms with Gasteiger partial charge < -0.3 is 10.6 Å². The number of alkyl halides is 3. The van der Waals surface area contributed by atoms with Crippen molar-refractivity contribution in [1.29, 1.82) is 0 Å². The minimum Gasteiger partial charge on any atom is -0.356 e. The molecule has 19 heavy (non-hydrogen) atoms. The number of nitrogens with zero attached hydrogens (tertiary/aromatic N) is 2. The maximum Gasteiger partial charge on any atom is 0.364 e. The fourth-order valence-electron chi connectivity index (χ4n) is 2.35. The Morgan fingerprint density at radius 1 is 1.21 bits per heavy atom. The van der Waals surface area contributed by atoms with Crippen LogP contribution in [0.25, 0.3) is 0 Å². The van der Waals surface area contributed by atoms with Gasteiger partial charge in [-0.2, -0.15) is 8.78 Å². The summed E-state index contributed by atoms with van der Waals surface area (Å²) in [6, 6.07) is 2.84. The molecule has 106 valence electrons. The lowest BCUT2D eigenvalue weighted by Crippen LogP contribution is -2.27. The first-order valence-electron chi connectivity index (χ1n) is 6.54. The number of halogens is 3. The highest BCUT2D eigenvalue weighted by atomic mass is 35.5. The highest BCUT2D eigenvalue weighted by molar-refractivity contribution is 6.21. The van der Waals surface area contributed by atoms with Gasteiger partial charge in [0.1, 0.15) is 11.5 Å². The van der Waals surface area contributed by atoms with Gasteiger partial charge in [-0.3, -0.25) is 0 Å². The summed E-state index contributed by atoms with van der Waals surface area (Å²) in [6.45, 7) is 1.95. The molecule has 0 aliphatic carbocycles. The van der Waals surface area contributed by atoms with E-state index in [9.17, 15) is 8.78 Å². The Hall–Kier alpha value is -0.940. The average molecular weight is 290 g/mol. The fourth-order valence-corrected chi connectivity index (χ4v) is 2.46. The van der Waals surface area contributed by atoms with E-state index in [1.807, 2.05) is 4.90 Å². The van der Waals surface area contributed by atoms with E-state index < -0.39 is 11.1 Å². The van der Waals surface area contributed by atoms with Crippen molar-refractivity contribution < 1.29 is 8.78 Å². The number of anilines is 1. The zero-order valence-corrected chi connectivity index (χ0v) is 11.5. The summed E-state index contributed by atoms with van der Waals surface area (Å²) in [7, 11) is 0. The number of hydrogen-bond donors (Lipinski definition) is 1. The minimum atomic E-state index is -3.44. The molecule has 1 aliphatic heterocycles. The quantitative estimate of drug-likeness (QED) is 0.869. The van der Waals surface area contributed by atoms with E-state index in [1.54, 1.807) is 6.07 Å². The molecule has 0 radical (unpaired) electrons. The lowest BCUT2D eigenvalue weighted by Gasteiger charge is -2.25. The smallest absolute Gasteiger partial charge is 0.356 e. The van der Waals surface area contributed by atoms with E-state index in [2.05, 4.69) is 4.98 Å². The molecule has 1 fully saturated rings. The van der Waals surface area contributed by atoms with E-state index in [4.69, 9.17) is 17.3 Å². The van der Waals surface area contributed by atoms with Gasteiger partial charge in [0.15, 0.2) is 0 Å². The van der Waals surface area contributed by atoms with Crippen LogP contribution in [0.5, 0.6) is 0 Å². The number of nitrogens with two attached hydrogens (primary N) is 1. The zero-order chi connectivity index (χ0) is 13.9. The van der Waals surface area contributed by atoms with E-state index >= 15 is 0 Å². The van der Waals surface area contributed by atoms with Gasteiger partial charge in [-0.1, -0.05) is 18.9 Å². The summed E-state index contributed by atoms with van der Waals surface area (Å²) in [4.78, 5) is 6.09. The van der Waals surface area contributed by atoms with Crippen LogP contribution in [0.2, 0.25) is 0 Å². The summed E-state index contributed by atoms with van der Waals surface area (Å²) < 4.78 is 26.3. The van der Waals surface area contributed by atoms with Crippen LogP contribution in [0.4, 0.5) is 14.6 Å². The van der Waals surface area contributed by atoms with E-state index in [1.165, 1.54) is 18.9 Å². The molecule has 2 rings (SSSR count). The van der Waals surface area contributed by atoms with Gasteiger partial charge in [-0.05, 0) is 30.5 Å². The monoisotopic (exact) mass is 289 g/mol. The third-order valence-electron chi connectivity index (χ3n) is 3.37. The molecule has 2 heterocycles. The van der Waals surface area contributed by atoms with Crippen molar-refractivity contribution in [1.82, 2.24) is 4.98 Å². The van der Waals surface area contributed by atoms with Crippen LogP contribution in [-0.4, -0.2) is 18.1 Å². The largest absolute Gasteiger partial charge is 0.364 e. The molecular weight excluding hydrogens is 272 g/mol. The number of hydrogen-bond acceptors (Lipinski definition) is 3. The third-order valence-corrected chi connectivity index (χ3v) is 3.57. The predicted octanol–water partition coefficient (Wildman–Crippen LogP) is 3.21. The highest BCUT2D eigenvalue weighted by Gasteiger charge is 2.31. The van der Waals surface area contributed by atoms with Crippen LogP contribution in [0.1, 0.15) is 36.9 Å². The molecule has 0 spiro atoms. The topological polar surface area (TPSA) is 42.1 Å². The zero-order valence-electron chi connectivity index (χ0n) is 10.7. The van der Waals surface area contributed by atoms with Crippen LogP contribution in [0.3, 0.4) is 0 Å². The lowest BCUT2D eigenvalue weighted by atomic mass is 10.2. The second kappa shape index (κ2) is 6.01. The Balaban J connectivity index is 2.34. The molecule has 2 N–H and O–H groups in total. The summed E-state index contributed by atoms with van der Waals surface area (Å²) >= 11 is 5.05. The maximum atomic E-state index is 13.2. The Morgan fingerprint density at radius 3 is 2.37 bits per heavy atom. The van der Waals surface area contributed by atoms with Crippen LogP contribution in [-0.2, 0) is 11.9 Å². The van der Waals surface area contributed by atoms with Crippen LogP contribution < -0.4 is 10.6 Å². The summed E-state index contributed by atoms with van der Waals surface area (Å²) in [5.41, 5.74) is 6.04. The Bertz CT molecular complexity index is 426.